The average molecular weight is 286 g/mol. The fraction of sp³-hybridized carbons (Fsp3) is 0.133. The quantitative estimate of drug-likeness (QED) is 0.650. The van der Waals surface area contributed by atoms with Crippen molar-refractivity contribution in [3.8, 4) is 0 Å². The van der Waals surface area contributed by atoms with Crippen molar-refractivity contribution in [3.63, 3.8) is 0 Å². The van der Waals surface area contributed by atoms with Crippen LogP contribution in [0.25, 0.3) is 0 Å². The Labute approximate surface area is 121 Å². The third-order valence-corrected chi connectivity index (χ3v) is 3.04. The summed E-state index contributed by atoms with van der Waals surface area (Å²) in [7, 11) is 0. The minimum atomic E-state index is -0.612. The van der Waals surface area contributed by atoms with Crippen LogP contribution in [0.4, 0.5) is 5.69 Å². The smallest absolute Gasteiger partial charge is 0.282 e. The Morgan fingerprint density at radius 1 is 1.14 bits per heavy atom. The van der Waals surface area contributed by atoms with Gasteiger partial charge in [-0.25, -0.2) is 0 Å². The second-order valence-corrected chi connectivity index (χ2v) is 4.39. The lowest BCUT2D eigenvalue weighted by atomic mass is 10.1. The van der Waals surface area contributed by atoms with Crippen molar-refractivity contribution in [3.05, 3.63) is 75.8 Å². The molecule has 0 aliphatic carbocycles. The summed E-state index contributed by atoms with van der Waals surface area (Å²) in [5.41, 5.74) is 0.434. The van der Waals surface area contributed by atoms with Crippen molar-refractivity contribution in [2.24, 2.45) is 0 Å². The highest BCUT2D eigenvalue weighted by Crippen LogP contribution is 2.19. The minimum Gasteiger partial charge on any atom is -0.394 e. The molecular weight excluding hydrogens is 272 g/mol. The molecule has 1 amide bonds. The molecule has 0 bridgehead atoms. The molecule has 0 aliphatic heterocycles. The molecule has 0 fully saturated rings. The molecule has 0 heterocycles. The van der Waals surface area contributed by atoms with Crippen molar-refractivity contribution >= 4 is 11.6 Å². The van der Waals surface area contributed by atoms with Crippen molar-refractivity contribution in [2.45, 2.75) is 6.04 Å². The highest BCUT2D eigenvalue weighted by Gasteiger charge is 2.22. The number of amides is 1. The molecule has 2 N–H and O–H groups in total. The molecule has 0 aromatic heterocycles. The minimum absolute atomic E-state index is 0.0307. The van der Waals surface area contributed by atoms with Crippen LogP contribution >= 0.6 is 0 Å². The number of aliphatic hydroxyl groups excluding tert-OH is 1. The lowest BCUT2D eigenvalue weighted by Crippen LogP contribution is -2.31. The Balaban J connectivity index is 2.23. The van der Waals surface area contributed by atoms with Gasteiger partial charge in [0.25, 0.3) is 11.6 Å². The Hall–Kier alpha value is -2.73. The van der Waals surface area contributed by atoms with Crippen LogP contribution in [0.2, 0.25) is 0 Å². The zero-order valence-electron chi connectivity index (χ0n) is 11.1. The predicted octanol–water partition coefficient (Wildman–Crippen LogP) is 2.06. The van der Waals surface area contributed by atoms with Crippen LogP contribution in [-0.2, 0) is 0 Å². The van der Waals surface area contributed by atoms with Gasteiger partial charge in [0.05, 0.1) is 17.6 Å². The van der Waals surface area contributed by atoms with Crippen molar-refractivity contribution < 1.29 is 14.8 Å². The first kappa shape index (κ1) is 14.7. The third kappa shape index (κ3) is 3.43. The Bertz CT molecular complexity index is 643. The molecule has 108 valence electrons. The first-order valence-corrected chi connectivity index (χ1v) is 6.33. The van der Waals surface area contributed by atoms with Gasteiger partial charge in [-0.1, -0.05) is 42.5 Å². The molecule has 1 atom stereocenters. The van der Waals surface area contributed by atoms with E-state index in [1.54, 1.807) is 30.3 Å². The summed E-state index contributed by atoms with van der Waals surface area (Å²) < 4.78 is 0. The number of nitrogens with one attached hydrogen (secondary N) is 1. The molecule has 2 aromatic rings. The molecule has 0 spiro atoms. The van der Waals surface area contributed by atoms with Crippen LogP contribution in [-0.4, -0.2) is 22.5 Å². The summed E-state index contributed by atoms with van der Waals surface area (Å²) >= 11 is 0. The third-order valence-electron chi connectivity index (χ3n) is 3.04. The molecule has 6 nitrogen and oxygen atoms in total. The number of hydrogen-bond acceptors (Lipinski definition) is 4. The number of carbonyl (C=O) groups is 1. The summed E-state index contributed by atoms with van der Waals surface area (Å²) in [6.07, 6.45) is 0. The van der Waals surface area contributed by atoms with Crippen molar-refractivity contribution in [1.29, 1.82) is 0 Å². The zero-order chi connectivity index (χ0) is 15.2. The van der Waals surface area contributed by atoms with Crippen LogP contribution in [0.5, 0.6) is 0 Å². The van der Waals surface area contributed by atoms with Crippen molar-refractivity contribution in [1.82, 2.24) is 5.32 Å². The molecular formula is C15H14N2O4. The number of aliphatic hydroxyl groups is 1. The molecule has 6 heteroatoms. The molecule has 0 radical (unpaired) electrons. The van der Waals surface area contributed by atoms with Gasteiger partial charge in [0.1, 0.15) is 5.56 Å². The molecule has 0 saturated heterocycles. The number of nitrogens with zero attached hydrogens (tertiary/aromatic N) is 1. The maximum absolute atomic E-state index is 12.2. The van der Waals surface area contributed by atoms with Gasteiger partial charge < -0.3 is 10.4 Å². The van der Waals surface area contributed by atoms with E-state index in [1.807, 2.05) is 6.07 Å². The molecule has 2 rings (SSSR count). The number of benzene rings is 2. The maximum atomic E-state index is 12.2. The maximum Gasteiger partial charge on any atom is 0.282 e. The predicted molar refractivity (Wildman–Crippen MR) is 76.8 cm³/mol. The lowest BCUT2D eigenvalue weighted by molar-refractivity contribution is -0.385. The van der Waals surface area contributed by atoms with E-state index in [2.05, 4.69) is 5.32 Å². The normalized spacial score (nSPS) is 11.7. The highest BCUT2D eigenvalue weighted by atomic mass is 16.6. The number of rotatable bonds is 5. The first-order valence-electron chi connectivity index (χ1n) is 6.33. The van der Waals surface area contributed by atoms with E-state index in [0.29, 0.717) is 0 Å². The Morgan fingerprint density at radius 3 is 2.38 bits per heavy atom. The van der Waals surface area contributed by atoms with Gasteiger partial charge in [0, 0.05) is 6.07 Å². The van der Waals surface area contributed by atoms with Crippen LogP contribution < -0.4 is 5.32 Å². The van der Waals surface area contributed by atoms with E-state index in [0.717, 1.165) is 5.56 Å². The van der Waals surface area contributed by atoms with Gasteiger partial charge in [-0.2, -0.15) is 0 Å². The van der Waals surface area contributed by atoms with Crippen LogP contribution in [0.15, 0.2) is 54.6 Å². The van der Waals surface area contributed by atoms with Crippen LogP contribution in [0, 0.1) is 10.1 Å². The van der Waals surface area contributed by atoms with Crippen molar-refractivity contribution in [2.75, 3.05) is 6.61 Å². The topological polar surface area (TPSA) is 92.5 Å². The fourth-order valence-electron chi connectivity index (χ4n) is 1.98. The second kappa shape index (κ2) is 6.62. The SMILES string of the molecule is O=C(NC(CO)c1ccccc1)c1ccccc1[N+](=O)[O-]. The number of nitro groups is 1. The summed E-state index contributed by atoms with van der Waals surface area (Å²) in [5, 5.41) is 22.9. The van der Waals surface area contributed by atoms with E-state index in [4.69, 9.17) is 0 Å². The monoisotopic (exact) mass is 286 g/mol. The van der Waals surface area contributed by atoms with Gasteiger partial charge in [0.2, 0.25) is 0 Å². The Morgan fingerprint density at radius 2 is 1.76 bits per heavy atom. The van der Waals surface area contributed by atoms with Gasteiger partial charge in [-0.05, 0) is 11.6 Å². The summed E-state index contributed by atoms with van der Waals surface area (Å²) in [6.45, 7) is -0.295. The molecule has 2 aromatic carbocycles. The number of nitro benzene ring substituents is 1. The van der Waals surface area contributed by atoms with E-state index >= 15 is 0 Å². The summed E-state index contributed by atoms with van der Waals surface area (Å²) in [5.74, 6) is -0.592. The second-order valence-electron chi connectivity index (χ2n) is 4.39. The van der Waals surface area contributed by atoms with Crippen LogP contribution in [0.1, 0.15) is 22.0 Å². The first-order chi connectivity index (χ1) is 10.1. The summed E-state index contributed by atoms with van der Waals surface area (Å²) in [4.78, 5) is 22.5. The summed E-state index contributed by atoms with van der Waals surface area (Å²) in [6, 6.07) is 14.0. The van der Waals surface area contributed by atoms with Crippen LogP contribution in [0.3, 0.4) is 0 Å². The van der Waals surface area contributed by atoms with Gasteiger partial charge >= 0.3 is 0 Å². The number of para-hydroxylation sites is 1. The van der Waals surface area contributed by atoms with E-state index in [1.165, 1.54) is 18.2 Å². The lowest BCUT2D eigenvalue weighted by Gasteiger charge is -2.16. The number of hydrogen-bond donors (Lipinski definition) is 2. The fourth-order valence-corrected chi connectivity index (χ4v) is 1.98. The van der Waals surface area contributed by atoms with E-state index in [-0.39, 0.29) is 17.9 Å². The average Bonchev–Trinajstić information content (AvgIpc) is 2.53. The van der Waals surface area contributed by atoms with E-state index in [9.17, 15) is 20.0 Å². The van der Waals surface area contributed by atoms with Gasteiger partial charge in [-0.15, -0.1) is 0 Å². The van der Waals surface area contributed by atoms with Gasteiger partial charge in [-0.3, -0.25) is 14.9 Å². The zero-order valence-corrected chi connectivity index (χ0v) is 11.1. The molecule has 1 unspecified atom stereocenters. The standard InChI is InChI=1S/C15H14N2O4/c18-10-13(11-6-2-1-3-7-11)16-15(19)12-8-4-5-9-14(12)17(20)21/h1-9,13,18H,10H2,(H,16,19). The largest absolute Gasteiger partial charge is 0.394 e. The number of carbonyl (C=O) groups excluding carboxylic acids is 1. The molecule has 0 aliphatic rings. The highest BCUT2D eigenvalue weighted by molar-refractivity contribution is 5.98. The van der Waals surface area contributed by atoms with E-state index < -0.39 is 16.9 Å². The van der Waals surface area contributed by atoms with Gasteiger partial charge in [0.15, 0.2) is 0 Å². The Kier molecular flexibility index (Phi) is 4.63. The molecule has 0 saturated carbocycles. The molecule has 21 heavy (non-hydrogen) atoms.